The Labute approximate surface area is 122 Å². The molecule has 0 aromatic carbocycles. The number of aliphatic carboxylic acids is 1. The van der Waals surface area contributed by atoms with Crippen molar-refractivity contribution in [1.29, 1.82) is 0 Å². The summed E-state index contributed by atoms with van der Waals surface area (Å²) in [6, 6.07) is 0. The molecule has 0 aliphatic carbocycles. The Morgan fingerprint density at radius 1 is 1.45 bits per heavy atom. The molecule has 7 heteroatoms. The van der Waals surface area contributed by atoms with Crippen LogP contribution in [-0.4, -0.2) is 44.8 Å². The number of ether oxygens (including phenoxy) is 1. The van der Waals surface area contributed by atoms with Gasteiger partial charge in [-0.2, -0.15) is 0 Å². The van der Waals surface area contributed by atoms with Gasteiger partial charge in [0.15, 0.2) is 5.16 Å². The third-order valence-electron chi connectivity index (χ3n) is 3.61. The van der Waals surface area contributed by atoms with Crippen molar-refractivity contribution in [2.24, 2.45) is 0 Å². The van der Waals surface area contributed by atoms with Crippen LogP contribution in [0.2, 0.25) is 0 Å². The molecule has 0 saturated carbocycles. The number of carboxylic acids is 1. The van der Waals surface area contributed by atoms with Crippen LogP contribution in [0.5, 0.6) is 0 Å². The summed E-state index contributed by atoms with van der Waals surface area (Å²) < 4.78 is 7.58. The van der Waals surface area contributed by atoms with Crippen LogP contribution in [-0.2, 0) is 15.1 Å². The predicted molar refractivity (Wildman–Crippen MR) is 76.2 cm³/mol. The first-order chi connectivity index (χ1) is 9.44. The number of hydrogen-bond donors (Lipinski definition) is 1. The van der Waals surface area contributed by atoms with E-state index < -0.39 is 5.97 Å². The van der Waals surface area contributed by atoms with Crippen LogP contribution in [0, 0.1) is 0 Å². The van der Waals surface area contributed by atoms with Crippen molar-refractivity contribution in [3.8, 4) is 0 Å². The van der Waals surface area contributed by atoms with Crippen LogP contribution in [0.4, 0.5) is 0 Å². The zero-order valence-corrected chi connectivity index (χ0v) is 12.9. The fourth-order valence-corrected chi connectivity index (χ4v) is 3.21. The quantitative estimate of drug-likeness (QED) is 0.839. The molecule has 2 heterocycles. The second kappa shape index (κ2) is 6.13. The summed E-state index contributed by atoms with van der Waals surface area (Å²) in [5.41, 5.74) is -0.0950. The molecule has 0 atom stereocenters. The topological polar surface area (TPSA) is 77.2 Å². The summed E-state index contributed by atoms with van der Waals surface area (Å²) in [5.74, 6) is 0.333. The number of thioether (sulfide) groups is 1. The number of carboxylic acid groups (broad SMARTS) is 1. The molecule has 0 unspecified atom stereocenters. The van der Waals surface area contributed by atoms with Gasteiger partial charge in [0.25, 0.3) is 0 Å². The molecular weight excluding hydrogens is 278 g/mol. The Morgan fingerprint density at radius 3 is 2.65 bits per heavy atom. The normalized spacial score (nSPS) is 18.4. The highest BCUT2D eigenvalue weighted by Gasteiger charge is 2.34. The first kappa shape index (κ1) is 15.3. The van der Waals surface area contributed by atoms with Crippen molar-refractivity contribution in [1.82, 2.24) is 14.8 Å². The van der Waals surface area contributed by atoms with E-state index in [1.165, 1.54) is 11.8 Å². The second-order valence-electron chi connectivity index (χ2n) is 5.62. The van der Waals surface area contributed by atoms with Crippen molar-refractivity contribution in [2.75, 3.05) is 19.0 Å². The fourth-order valence-electron chi connectivity index (χ4n) is 2.42. The largest absolute Gasteiger partial charge is 0.481 e. The average molecular weight is 299 g/mol. The van der Waals surface area contributed by atoms with E-state index in [-0.39, 0.29) is 17.2 Å². The average Bonchev–Trinajstić information content (AvgIpc) is 2.82. The van der Waals surface area contributed by atoms with E-state index in [0.717, 1.165) is 31.9 Å². The van der Waals surface area contributed by atoms with Gasteiger partial charge in [-0.05, 0) is 19.8 Å². The lowest BCUT2D eigenvalue weighted by molar-refractivity contribution is -0.133. The van der Waals surface area contributed by atoms with Crippen LogP contribution in [0.3, 0.4) is 0 Å². The maximum absolute atomic E-state index is 10.8. The van der Waals surface area contributed by atoms with E-state index in [4.69, 9.17) is 9.84 Å². The van der Waals surface area contributed by atoms with Gasteiger partial charge in [-0.15, -0.1) is 10.2 Å². The number of rotatable bonds is 5. The summed E-state index contributed by atoms with van der Waals surface area (Å²) in [5, 5.41) is 18.0. The standard InChI is InChI=1S/C13H21N3O3S/c1-9(2)11-14-15-12(20-8-10(17)18)16(11)13(3)4-6-19-7-5-13/h9H,4-8H2,1-3H3,(H,17,18). The Kier molecular flexibility index (Phi) is 4.70. The zero-order valence-electron chi connectivity index (χ0n) is 12.1. The number of aromatic nitrogens is 3. The molecule has 20 heavy (non-hydrogen) atoms. The Hall–Kier alpha value is -1.08. The molecule has 1 aliphatic heterocycles. The summed E-state index contributed by atoms with van der Waals surface area (Å²) in [7, 11) is 0. The van der Waals surface area contributed by atoms with Crippen LogP contribution in [0.1, 0.15) is 45.4 Å². The van der Waals surface area contributed by atoms with Gasteiger partial charge in [-0.1, -0.05) is 25.6 Å². The number of carbonyl (C=O) groups is 1. The fraction of sp³-hybridized carbons (Fsp3) is 0.769. The Balaban J connectivity index is 2.35. The van der Waals surface area contributed by atoms with Crippen molar-refractivity contribution in [3.05, 3.63) is 5.82 Å². The highest BCUT2D eigenvalue weighted by atomic mass is 32.2. The molecule has 1 saturated heterocycles. The van der Waals surface area contributed by atoms with Gasteiger partial charge in [0.2, 0.25) is 0 Å². The van der Waals surface area contributed by atoms with Crippen LogP contribution >= 0.6 is 11.8 Å². The molecule has 0 amide bonds. The van der Waals surface area contributed by atoms with Gasteiger partial charge in [0.05, 0.1) is 5.75 Å². The third-order valence-corrected chi connectivity index (χ3v) is 4.52. The molecule has 1 aromatic heterocycles. The Bertz CT molecular complexity index is 481. The summed E-state index contributed by atoms with van der Waals surface area (Å²) >= 11 is 1.23. The lowest BCUT2D eigenvalue weighted by atomic mass is 9.91. The molecular formula is C13H21N3O3S. The van der Waals surface area contributed by atoms with E-state index in [0.29, 0.717) is 5.16 Å². The maximum Gasteiger partial charge on any atom is 0.313 e. The number of nitrogens with zero attached hydrogens (tertiary/aromatic N) is 3. The number of hydrogen-bond acceptors (Lipinski definition) is 5. The van der Waals surface area contributed by atoms with E-state index in [2.05, 4.69) is 35.5 Å². The van der Waals surface area contributed by atoms with Crippen LogP contribution < -0.4 is 0 Å². The summed E-state index contributed by atoms with van der Waals surface area (Å²) in [4.78, 5) is 10.8. The first-order valence-electron chi connectivity index (χ1n) is 6.82. The lowest BCUT2D eigenvalue weighted by Crippen LogP contribution is -2.38. The van der Waals surface area contributed by atoms with E-state index >= 15 is 0 Å². The highest BCUT2D eigenvalue weighted by molar-refractivity contribution is 7.99. The molecule has 0 bridgehead atoms. The van der Waals surface area contributed by atoms with Crippen LogP contribution in [0.25, 0.3) is 0 Å². The summed E-state index contributed by atoms with van der Waals surface area (Å²) in [6.07, 6.45) is 1.79. The van der Waals surface area contributed by atoms with Crippen molar-refractivity contribution in [3.63, 3.8) is 0 Å². The van der Waals surface area contributed by atoms with Gasteiger partial charge in [-0.25, -0.2) is 0 Å². The molecule has 0 radical (unpaired) electrons. The van der Waals surface area contributed by atoms with Gasteiger partial charge < -0.3 is 9.84 Å². The molecule has 0 spiro atoms. The molecule has 2 rings (SSSR count). The van der Waals surface area contributed by atoms with Gasteiger partial charge >= 0.3 is 5.97 Å². The minimum atomic E-state index is -0.840. The minimum absolute atomic E-state index is 0.00279. The first-order valence-corrected chi connectivity index (χ1v) is 7.81. The van der Waals surface area contributed by atoms with Gasteiger partial charge in [0, 0.05) is 24.7 Å². The van der Waals surface area contributed by atoms with Crippen molar-refractivity contribution < 1.29 is 14.6 Å². The van der Waals surface area contributed by atoms with Gasteiger partial charge in [0.1, 0.15) is 5.82 Å². The molecule has 6 nitrogen and oxygen atoms in total. The molecule has 1 aliphatic rings. The molecule has 1 fully saturated rings. The van der Waals surface area contributed by atoms with Crippen molar-refractivity contribution in [2.45, 2.75) is 50.2 Å². The molecule has 112 valence electrons. The van der Waals surface area contributed by atoms with E-state index in [1.54, 1.807) is 0 Å². The van der Waals surface area contributed by atoms with E-state index in [1.807, 2.05) is 0 Å². The smallest absolute Gasteiger partial charge is 0.313 e. The Morgan fingerprint density at radius 2 is 2.10 bits per heavy atom. The highest BCUT2D eigenvalue weighted by Crippen LogP contribution is 2.35. The molecule has 1 N–H and O–H groups in total. The van der Waals surface area contributed by atoms with Crippen molar-refractivity contribution >= 4 is 17.7 Å². The SMILES string of the molecule is CC(C)c1nnc(SCC(=O)O)n1C1(C)CCOCC1. The predicted octanol–water partition coefficient (Wildman–Crippen LogP) is 2.10. The van der Waals surface area contributed by atoms with Crippen LogP contribution in [0.15, 0.2) is 5.16 Å². The zero-order chi connectivity index (χ0) is 14.8. The lowest BCUT2D eigenvalue weighted by Gasteiger charge is -2.37. The molecule has 1 aromatic rings. The summed E-state index contributed by atoms with van der Waals surface area (Å²) in [6.45, 7) is 7.77. The monoisotopic (exact) mass is 299 g/mol. The second-order valence-corrected chi connectivity index (χ2v) is 6.57. The van der Waals surface area contributed by atoms with E-state index in [9.17, 15) is 4.79 Å². The minimum Gasteiger partial charge on any atom is -0.481 e. The van der Waals surface area contributed by atoms with Gasteiger partial charge in [-0.3, -0.25) is 9.36 Å². The maximum atomic E-state index is 10.8. The third kappa shape index (κ3) is 3.15.